The molecule has 3 aliphatic rings. The molecule has 6 heteroatoms. The van der Waals surface area contributed by atoms with Gasteiger partial charge in [0.25, 0.3) is 0 Å². The first-order valence-electron chi connectivity index (χ1n) is 9.53. The van der Waals surface area contributed by atoms with Gasteiger partial charge in [-0.15, -0.1) is 0 Å². The molecule has 1 aromatic rings. The second kappa shape index (κ2) is 6.82. The summed E-state index contributed by atoms with van der Waals surface area (Å²) in [4.78, 5) is 12.8. The highest BCUT2D eigenvalue weighted by Gasteiger charge is 2.39. The third-order valence-electron chi connectivity index (χ3n) is 6.00. The van der Waals surface area contributed by atoms with E-state index in [9.17, 15) is 13.2 Å². The Labute approximate surface area is 155 Å². The SMILES string of the molecule is CC1CCCN(S(=O)(=O)c2ccc(NC(=O)C3CC4C=CC3C4)cc2)C1. The van der Waals surface area contributed by atoms with Crippen molar-refractivity contribution in [3.63, 3.8) is 0 Å². The van der Waals surface area contributed by atoms with Crippen molar-refractivity contribution in [1.29, 1.82) is 0 Å². The lowest BCUT2D eigenvalue weighted by Gasteiger charge is -2.30. The van der Waals surface area contributed by atoms with E-state index in [1.165, 1.54) is 0 Å². The number of amides is 1. The molecule has 1 heterocycles. The number of nitrogens with zero attached hydrogens (tertiary/aromatic N) is 1. The zero-order valence-electron chi connectivity index (χ0n) is 15.1. The first-order chi connectivity index (χ1) is 12.4. The molecule has 0 radical (unpaired) electrons. The van der Waals surface area contributed by atoms with E-state index in [2.05, 4.69) is 24.4 Å². The van der Waals surface area contributed by atoms with Gasteiger partial charge in [-0.3, -0.25) is 4.79 Å². The smallest absolute Gasteiger partial charge is 0.243 e. The lowest BCUT2D eigenvalue weighted by atomic mass is 9.93. The average molecular weight is 375 g/mol. The van der Waals surface area contributed by atoms with Crippen molar-refractivity contribution in [2.45, 2.75) is 37.5 Å². The molecule has 2 bridgehead atoms. The van der Waals surface area contributed by atoms with Crippen molar-refractivity contribution in [2.75, 3.05) is 18.4 Å². The predicted molar refractivity (Wildman–Crippen MR) is 101 cm³/mol. The largest absolute Gasteiger partial charge is 0.326 e. The monoisotopic (exact) mass is 374 g/mol. The highest BCUT2D eigenvalue weighted by atomic mass is 32.2. The Morgan fingerprint density at radius 3 is 2.54 bits per heavy atom. The summed E-state index contributed by atoms with van der Waals surface area (Å²) >= 11 is 0. The van der Waals surface area contributed by atoms with Crippen LogP contribution in [0, 0.1) is 23.7 Å². The van der Waals surface area contributed by atoms with Crippen molar-refractivity contribution in [1.82, 2.24) is 4.31 Å². The molecule has 1 N–H and O–H groups in total. The maximum absolute atomic E-state index is 12.8. The second-order valence-electron chi connectivity index (χ2n) is 8.01. The van der Waals surface area contributed by atoms with Gasteiger partial charge in [0.1, 0.15) is 0 Å². The van der Waals surface area contributed by atoms with Crippen LogP contribution in [-0.4, -0.2) is 31.7 Å². The summed E-state index contributed by atoms with van der Waals surface area (Å²) in [5.74, 6) is 1.40. The molecule has 0 spiro atoms. The van der Waals surface area contributed by atoms with Crippen LogP contribution in [0.4, 0.5) is 5.69 Å². The van der Waals surface area contributed by atoms with Crippen LogP contribution in [0.25, 0.3) is 0 Å². The number of nitrogens with one attached hydrogen (secondary N) is 1. The highest BCUT2D eigenvalue weighted by Crippen LogP contribution is 2.43. The van der Waals surface area contributed by atoms with E-state index in [4.69, 9.17) is 0 Å². The number of carbonyl (C=O) groups excluding carboxylic acids is 1. The van der Waals surface area contributed by atoms with Crippen LogP contribution in [-0.2, 0) is 14.8 Å². The number of carbonyl (C=O) groups is 1. The summed E-state index contributed by atoms with van der Waals surface area (Å²) in [7, 11) is -3.45. The molecule has 1 saturated carbocycles. The number of allylic oxidation sites excluding steroid dienone is 2. The Bertz CT molecular complexity index is 816. The molecule has 140 valence electrons. The van der Waals surface area contributed by atoms with Crippen LogP contribution in [0.5, 0.6) is 0 Å². The Balaban J connectivity index is 1.43. The van der Waals surface area contributed by atoms with Crippen LogP contribution in [0.3, 0.4) is 0 Å². The summed E-state index contributed by atoms with van der Waals surface area (Å²) < 4.78 is 27.2. The van der Waals surface area contributed by atoms with Gasteiger partial charge in [-0.25, -0.2) is 8.42 Å². The molecule has 2 fully saturated rings. The molecule has 4 unspecified atom stereocenters. The summed E-state index contributed by atoms with van der Waals surface area (Å²) in [6, 6.07) is 6.60. The van der Waals surface area contributed by atoms with Gasteiger partial charge in [0, 0.05) is 24.7 Å². The van der Waals surface area contributed by atoms with Gasteiger partial charge >= 0.3 is 0 Å². The van der Waals surface area contributed by atoms with Crippen molar-refractivity contribution < 1.29 is 13.2 Å². The van der Waals surface area contributed by atoms with Crippen LogP contribution in [0.1, 0.15) is 32.6 Å². The molecule has 4 rings (SSSR count). The van der Waals surface area contributed by atoms with Crippen LogP contribution in [0.2, 0.25) is 0 Å². The van der Waals surface area contributed by atoms with Gasteiger partial charge < -0.3 is 5.32 Å². The molecule has 26 heavy (non-hydrogen) atoms. The van der Waals surface area contributed by atoms with Gasteiger partial charge in [0.05, 0.1) is 4.90 Å². The molecule has 1 aliphatic heterocycles. The van der Waals surface area contributed by atoms with Gasteiger partial charge in [-0.2, -0.15) is 4.31 Å². The van der Waals surface area contributed by atoms with E-state index in [-0.39, 0.29) is 11.8 Å². The number of rotatable bonds is 4. The standard InChI is InChI=1S/C20H26N2O3S/c1-14-3-2-10-22(13-14)26(24,25)18-8-6-17(7-9-18)21-20(23)19-12-15-4-5-16(19)11-15/h4-9,14-16,19H,2-3,10-13H2,1H3,(H,21,23). The second-order valence-corrected chi connectivity index (χ2v) is 9.95. The minimum atomic E-state index is -3.45. The summed E-state index contributed by atoms with van der Waals surface area (Å²) in [5, 5.41) is 2.95. The maximum Gasteiger partial charge on any atom is 0.243 e. The van der Waals surface area contributed by atoms with E-state index < -0.39 is 10.0 Å². The van der Waals surface area contributed by atoms with Crippen molar-refractivity contribution in [3.8, 4) is 0 Å². The number of sulfonamides is 1. The van der Waals surface area contributed by atoms with Crippen LogP contribution >= 0.6 is 0 Å². The third-order valence-corrected chi connectivity index (χ3v) is 7.87. The molecular formula is C20H26N2O3S. The fraction of sp³-hybridized carbons (Fsp3) is 0.550. The normalized spacial score (nSPS) is 31.3. The van der Waals surface area contributed by atoms with Gasteiger partial charge in [0.15, 0.2) is 0 Å². The minimum Gasteiger partial charge on any atom is -0.326 e. The molecule has 4 atom stereocenters. The lowest BCUT2D eigenvalue weighted by molar-refractivity contribution is -0.120. The van der Waals surface area contributed by atoms with Crippen LogP contribution < -0.4 is 5.32 Å². The molecule has 2 aliphatic carbocycles. The minimum absolute atomic E-state index is 0.0438. The molecule has 0 aromatic heterocycles. The Morgan fingerprint density at radius 1 is 1.15 bits per heavy atom. The van der Waals surface area contributed by atoms with Crippen molar-refractivity contribution in [3.05, 3.63) is 36.4 Å². The van der Waals surface area contributed by atoms with E-state index in [1.807, 2.05) is 0 Å². The number of piperidine rings is 1. The summed E-state index contributed by atoms with van der Waals surface area (Å²) in [5.41, 5.74) is 0.660. The van der Waals surface area contributed by atoms with E-state index in [0.29, 0.717) is 41.4 Å². The first-order valence-corrected chi connectivity index (χ1v) is 11.0. The van der Waals surface area contributed by atoms with E-state index in [1.54, 1.807) is 28.6 Å². The molecule has 1 saturated heterocycles. The highest BCUT2D eigenvalue weighted by molar-refractivity contribution is 7.89. The number of hydrogen-bond acceptors (Lipinski definition) is 3. The number of hydrogen-bond donors (Lipinski definition) is 1. The van der Waals surface area contributed by atoms with E-state index >= 15 is 0 Å². The summed E-state index contributed by atoms with van der Waals surface area (Å²) in [6.07, 6.45) is 8.38. The molecule has 1 amide bonds. The fourth-order valence-electron chi connectivity index (χ4n) is 4.54. The van der Waals surface area contributed by atoms with Gasteiger partial charge in [-0.05, 0) is 67.7 Å². The maximum atomic E-state index is 12.8. The number of anilines is 1. The predicted octanol–water partition coefficient (Wildman–Crippen LogP) is 3.26. The number of fused-ring (bicyclic) bond motifs is 2. The average Bonchev–Trinajstić information content (AvgIpc) is 3.25. The molecular weight excluding hydrogens is 348 g/mol. The van der Waals surface area contributed by atoms with Gasteiger partial charge in [-0.1, -0.05) is 19.1 Å². The fourth-order valence-corrected chi connectivity index (χ4v) is 6.14. The Hall–Kier alpha value is -1.66. The first kappa shape index (κ1) is 17.7. The topological polar surface area (TPSA) is 66.5 Å². The zero-order chi connectivity index (χ0) is 18.3. The van der Waals surface area contributed by atoms with Crippen molar-refractivity contribution in [2.24, 2.45) is 23.7 Å². The quantitative estimate of drug-likeness (QED) is 0.823. The zero-order valence-corrected chi connectivity index (χ0v) is 15.9. The summed E-state index contributed by atoms with van der Waals surface area (Å²) in [6.45, 7) is 3.26. The van der Waals surface area contributed by atoms with Crippen molar-refractivity contribution >= 4 is 21.6 Å². The van der Waals surface area contributed by atoms with Gasteiger partial charge in [0.2, 0.25) is 15.9 Å². The van der Waals surface area contributed by atoms with Crippen LogP contribution in [0.15, 0.2) is 41.3 Å². The Kier molecular flexibility index (Phi) is 4.65. The lowest BCUT2D eigenvalue weighted by Crippen LogP contribution is -2.39. The number of benzene rings is 1. The van der Waals surface area contributed by atoms with E-state index in [0.717, 1.165) is 25.7 Å². The third kappa shape index (κ3) is 3.32. The Morgan fingerprint density at radius 2 is 1.92 bits per heavy atom. The molecule has 5 nitrogen and oxygen atoms in total. The molecule has 1 aromatic carbocycles.